The fourth-order valence-corrected chi connectivity index (χ4v) is 3.78. The molecule has 3 heteroatoms. The lowest BCUT2D eigenvalue weighted by molar-refractivity contribution is 0.0396. The zero-order valence-corrected chi connectivity index (χ0v) is 13.8. The van der Waals surface area contributed by atoms with Crippen molar-refractivity contribution in [3.63, 3.8) is 0 Å². The zero-order chi connectivity index (χ0) is 14.5. The standard InChI is InChI=1S/C16H35N3/c1-6-15-8-7-9-16(15,13-17)19(12-14(2)3)11-10-18(4)5/h14-15H,6-13,17H2,1-5H3. The molecule has 0 spiro atoms. The number of nitrogens with zero attached hydrogens (tertiary/aromatic N) is 2. The molecule has 1 aliphatic rings. The van der Waals surface area contributed by atoms with Gasteiger partial charge in [0.25, 0.3) is 0 Å². The molecule has 2 unspecified atom stereocenters. The van der Waals surface area contributed by atoms with Crippen LogP contribution in [0.2, 0.25) is 0 Å². The third-order valence-corrected chi connectivity index (χ3v) is 4.80. The van der Waals surface area contributed by atoms with Gasteiger partial charge in [0.15, 0.2) is 0 Å². The highest BCUT2D eigenvalue weighted by Gasteiger charge is 2.45. The Hall–Kier alpha value is -0.120. The lowest BCUT2D eigenvalue weighted by atomic mass is 9.82. The van der Waals surface area contributed by atoms with Crippen molar-refractivity contribution >= 4 is 0 Å². The van der Waals surface area contributed by atoms with Crippen LogP contribution in [-0.2, 0) is 0 Å². The average molecular weight is 269 g/mol. The van der Waals surface area contributed by atoms with Crippen molar-refractivity contribution in [3.8, 4) is 0 Å². The summed E-state index contributed by atoms with van der Waals surface area (Å²) in [6, 6.07) is 0. The molecular weight excluding hydrogens is 234 g/mol. The summed E-state index contributed by atoms with van der Waals surface area (Å²) in [6.45, 7) is 11.3. The maximum absolute atomic E-state index is 6.26. The molecule has 0 aromatic rings. The molecule has 3 nitrogen and oxygen atoms in total. The van der Waals surface area contributed by atoms with E-state index >= 15 is 0 Å². The molecule has 0 aromatic carbocycles. The largest absolute Gasteiger partial charge is 0.329 e. The fraction of sp³-hybridized carbons (Fsp3) is 1.00. The Kier molecular flexibility index (Phi) is 6.78. The summed E-state index contributed by atoms with van der Waals surface area (Å²) in [5.74, 6) is 1.50. The maximum atomic E-state index is 6.26. The molecule has 0 aromatic heterocycles. The number of nitrogens with two attached hydrogens (primary N) is 1. The van der Waals surface area contributed by atoms with E-state index in [2.05, 4.69) is 44.7 Å². The second kappa shape index (κ2) is 7.61. The Bertz CT molecular complexity index is 252. The van der Waals surface area contributed by atoms with Crippen molar-refractivity contribution in [3.05, 3.63) is 0 Å². The molecule has 0 aliphatic heterocycles. The Morgan fingerprint density at radius 1 is 1.26 bits per heavy atom. The van der Waals surface area contributed by atoms with Gasteiger partial charge in [-0.05, 0) is 38.8 Å². The highest BCUT2D eigenvalue weighted by atomic mass is 15.2. The monoisotopic (exact) mass is 269 g/mol. The topological polar surface area (TPSA) is 32.5 Å². The molecule has 0 heterocycles. The first kappa shape index (κ1) is 16.9. The Labute approximate surface area is 120 Å². The van der Waals surface area contributed by atoms with Gasteiger partial charge >= 0.3 is 0 Å². The van der Waals surface area contributed by atoms with E-state index in [0.717, 1.165) is 25.6 Å². The summed E-state index contributed by atoms with van der Waals surface area (Å²) in [7, 11) is 4.32. The van der Waals surface area contributed by atoms with E-state index in [4.69, 9.17) is 5.73 Å². The smallest absolute Gasteiger partial charge is 0.0360 e. The summed E-state index contributed by atoms with van der Waals surface area (Å²) >= 11 is 0. The molecule has 2 atom stereocenters. The molecule has 1 rings (SSSR count). The van der Waals surface area contributed by atoms with Crippen LogP contribution in [0.15, 0.2) is 0 Å². The number of hydrogen-bond donors (Lipinski definition) is 1. The van der Waals surface area contributed by atoms with Crippen LogP contribution in [0.5, 0.6) is 0 Å². The van der Waals surface area contributed by atoms with Gasteiger partial charge in [-0.25, -0.2) is 0 Å². The first-order valence-corrected chi connectivity index (χ1v) is 8.06. The molecular formula is C16H35N3. The summed E-state index contributed by atoms with van der Waals surface area (Å²) in [4.78, 5) is 5.01. The van der Waals surface area contributed by atoms with Gasteiger partial charge in [-0.3, -0.25) is 4.90 Å². The highest BCUT2D eigenvalue weighted by Crippen LogP contribution is 2.41. The van der Waals surface area contributed by atoms with Crippen molar-refractivity contribution in [2.24, 2.45) is 17.6 Å². The normalized spacial score (nSPS) is 27.9. The summed E-state index contributed by atoms with van der Waals surface area (Å²) in [6.07, 6.45) is 5.28. The SMILES string of the molecule is CCC1CCCC1(CN)N(CCN(C)C)CC(C)C. The summed E-state index contributed by atoms with van der Waals surface area (Å²) in [5.41, 5.74) is 6.54. The van der Waals surface area contributed by atoms with Crippen LogP contribution in [0.25, 0.3) is 0 Å². The number of rotatable bonds is 8. The molecule has 0 bridgehead atoms. The van der Waals surface area contributed by atoms with Crippen LogP contribution in [0.3, 0.4) is 0 Å². The summed E-state index contributed by atoms with van der Waals surface area (Å²) in [5, 5.41) is 0. The Morgan fingerprint density at radius 2 is 1.95 bits per heavy atom. The molecule has 0 amide bonds. The quantitative estimate of drug-likeness (QED) is 0.734. The Morgan fingerprint density at radius 3 is 2.42 bits per heavy atom. The predicted octanol–water partition coefficient (Wildman–Crippen LogP) is 2.41. The van der Waals surface area contributed by atoms with Crippen LogP contribution < -0.4 is 5.73 Å². The molecule has 1 aliphatic carbocycles. The third-order valence-electron chi connectivity index (χ3n) is 4.80. The minimum atomic E-state index is 0.273. The predicted molar refractivity (Wildman–Crippen MR) is 84.4 cm³/mol. The van der Waals surface area contributed by atoms with Crippen molar-refractivity contribution in [1.29, 1.82) is 0 Å². The molecule has 114 valence electrons. The van der Waals surface area contributed by atoms with E-state index in [1.807, 2.05) is 0 Å². The first-order chi connectivity index (χ1) is 8.96. The first-order valence-electron chi connectivity index (χ1n) is 8.06. The van der Waals surface area contributed by atoms with Gasteiger partial charge in [0.1, 0.15) is 0 Å². The molecule has 0 saturated heterocycles. The van der Waals surface area contributed by atoms with Crippen molar-refractivity contribution in [2.45, 2.75) is 52.0 Å². The molecule has 19 heavy (non-hydrogen) atoms. The van der Waals surface area contributed by atoms with E-state index in [-0.39, 0.29) is 5.54 Å². The second-order valence-electron chi connectivity index (χ2n) is 6.95. The number of hydrogen-bond acceptors (Lipinski definition) is 3. The molecule has 1 fully saturated rings. The van der Waals surface area contributed by atoms with E-state index in [9.17, 15) is 0 Å². The third kappa shape index (κ3) is 4.17. The summed E-state index contributed by atoms with van der Waals surface area (Å²) < 4.78 is 0. The van der Waals surface area contributed by atoms with Crippen molar-refractivity contribution in [1.82, 2.24) is 9.80 Å². The van der Waals surface area contributed by atoms with Crippen LogP contribution in [-0.4, -0.2) is 55.6 Å². The van der Waals surface area contributed by atoms with Gasteiger partial charge < -0.3 is 10.6 Å². The average Bonchev–Trinajstić information content (AvgIpc) is 2.77. The second-order valence-corrected chi connectivity index (χ2v) is 6.95. The lowest BCUT2D eigenvalue weighted by Gasteiger charge is -2.46. The lowest BCUT2D eigenvalue weighted by Crippen LogP contribution is -2.58. The van der Waals surface area contributed by atoms with E-state index in [0.29, 0.717) is 5.92 Å². The molecule has 0 radical (unpaired) electrons. The van der Waals surface area contributed by atoms with E-state index in [1.54, 1.807) is 0 Å². The van der Waals surface area contributed by atoms with Gasteiger partial charge in [-0.15, -0.1) is 0 Å². The van der Waals surface area contributed by atoms with Gasteiger partial charge in [-0.2, -0.15) is 0 Å². The van der Waals surface area contributed by atoms with Gasteiger partial charge in [-0.1, -0.05) is 33.6 Å². The fourth-order valence-electron chi connectivity index (χ4n) is 3.78. The van der Waals surface area contributed by atoms with Gasteiger partial charge in [0, 0.05) is 31.7 Å². The molecule has 1 saturated carbocycles. The Balaban J connectivity index is 2.84. The minimum Gasteiger partial charge on any atom is -0.329 e. The van der Waals surface area contributed by atoms with Gasteiger partial charge in [0.05, 0.1) is 0 Å². The zero-order valence-electron chi connectivity index (χ0n) is 13.8. The van der Waals surface area contributed by atoms with E-state index in [1.165, 1.54) is 32.2 Å². The minimum absolute atomic E-state index is 0.273. The van der Waals surface area contributed by atoms with Crippen LogP contribution in [0, 0.1) is 11.8 Å². The molecule has 2 N–H and O–H groups in total. The van der Waals surface area contributed by atoms with Crippen molar-refractivity contribution < 1.29 is 0 Å². The van der Waals surface area contributed by atoms with Gasteiger partial charge in [0.2, 0.25) is 0 Å². The van der Waals surface area contributed by atoms with Crippen LogP contribution in [0.1, 0.15) is 46.5 Å². The van der Waals surface area contributed by atoms with Crippen LogP contribution in [0.4, 0.5) is 0 Å². The van der Waals surface area contributed by atoms with Crippen LogP contribution >= 0.6 is 0 Å². The van der Waals surface area contributed by atoms with Crippen molar-refractivity contribution in [2.75, 3.05) is 40.3 Å². The number of likely N-dealkylation sites (N-methyl/N-ethyl adjacent to an activating group) is 1. The maximum Gasteiger partial charge on any atom is 0.0360 e. The highest BCUT2D eigenvalue weighted by molar-refractivity contribution is 5.01. The van der Waals surface area contributed by atoms with E-state index < -0.39 is 0 Å².